The van der Waals surface area contributed by atoms with E-state index in [0.717, 1.165) is 42.4 Å². The van der Waals surface area contributed by atoms with Crippen LogP contribution in [0.15, 0.2) is 90.1 Å². The Bertz CT molecular complexity index is 1980. The van der Waals surface area contributed by atoms with Crippen molar-refractivity contribution in [3.63, 3.8) is 0 Å². The Morgan fingerprint density at radius 1 is 1.00 bits per heavy atom. The molecule has 1 saturated carbocycles. The van der Waals surface area contributed by atoms with Crippen LogP contribution in [0.5, 0.6) is 23.0 Å². The molecule has 304 valence electrons. The van der Waals surface area contributed by atoms with Crippen molar-refractivity contribution in [2.45, 2.75) is 76.5 Å². The maximum Gasteiger partial charge on any atom is 0.415 e. The van der Waals surface area contributed by atoms with Gasteiger partial charge in [-0.3, -0.25) is 10.1 Å². The number of fused-ring (bicyclic) bond motifs is 2. The quantitative estimate of drug-likeness (QED) is 0.0589. The summed E-state index contributed by atoms with van der Waals surface area (Å²) < 4.78 is 26.3. The van der Waals surface area contributed by atoms with E-state index in [2.05, 4.69) is 24.7 Å². The molecule has 3 aliphatic rings. The summed E-state index contributed by atoms with van der Waals surface area (Å²) in [6.07, 6.45) is 7.88. The Hall–Kier alpha value is -5.24. The SMILES string of the molecule is C=CCO[C@@]12Oc3ccc(Oc4ccc(C)c(C)c4)cc3[C@H]3[C@H](CCCCO)[C@@H](CCCCO)C=C(C(=NOC)C[C@@H]1N(C)C(=O)Oc1ccc([N+](=O)[O-])cc1)[C@H]32. The van der Waals surface area contributed by atoms with Gasteiger partial charge in [-0.15, -0.1) is 6.58 Å². The number of allylic oxidation sites excluding steroid dienone is 1. The number of aryl methyl sites for hydroxylation is 2. The summed E-state index contributed by atoms with van der Waals surface area (Å²) in [5.41, 5.74) is 4.62. The standard InChI is InChI=1S/C44H53N3O10/c1-6-23-54-44-40(46(4)43(50)56-32-17-14-31(15-18-32)47(51)52)27-38(45-53-5)36-25-30(11-7-9-21-48)35(12-8-10-22-49)41(42(36)44)37-26-34(19-20-39(37)57-44)55-33-16-13-28(2)29(3)24-33/h6,13-20,24-26,30,35,40-42,48-49H,1,7-12,21-23,27H2,2-5H3/t30-,35+,40-,41+,42+,44+/m0/s1. The second kappa shape index (κ2) is 18.4. The topological polar surface area (TPSA) is 162 Å². The number of hydrogen-bond donors (Lipinski definition) is 2. The largest absolute Gasteiger partial charge is 0.459 e. The molecule has 3 aromatic rings. The zero-order valence-electron chi connectivity index (χ0n) is 33.1. The first kappa shape index (κ1) is 41.4. The molecule has 1 fully saturated rings. The van der Waals surface area contributed by atoms with Gasteiger partial charge in [-0.2, -0.15) is 0 Å². The first-order chi connectivity index (χ1) is 27.5. The van der Waals surface area contributed by atoms with E-state index in [4.69, 9.17) is 23.8 Å². The molecule has 0 radical (unpaired) electrons. The van der Waals surface area contributed by atoms with E-state index < -0.39 is 28.8 Å². The summed E-state index contributed by atoms with van der Waals surface area (Å²) >= 11 is 0. The molecule has 6 rings (SSSR count). The van der Waals surface area contributed by atoms with Gasteiger partial charge in [0.25, 0.3) is 5.69 Å². The summed E-state index contributed by atoms with van der Waals surface area (Å²) in [5, 5.41) is 35.5. The highest BCUT2D eigenvalue weighted by Gasteiger charge is 2.65. The molecule has 13 heteroatoms. The van der Waals surface area contributed by atoms with Crippen LogP contribution < -0.4 is 14.2 Å². The molecule has 0 unspecified atom stereocenters. The van der Waals surface area contributed by atoms with E-state index in [1.54, 1.807) is 13.1 Å². The molecular formula is C44H53N3O10. The van der Waals surface area contributed by atoms with Gasteiger partial charge in [-0.1, -0.05) is 36.2 Å². The predicted octanol–water partition coefficient (Wildman–Crippen LogP) is 8.40. The lowest BCUT2D eigenvalue weighted by atomic mass is 9.55. The van der Waals surface area contributed by atoms with E-state index in [-0.39, 0.29) is 55.4 Å². The highest BCUT2D eigenvalue weighted by atomic mass is 16.7. The Kier molecular flexibility index (Phi) is 13.3. The van der Waals surface area contributed by atoms with Gasteiger partial charge in [0.1, 0.15) is 36.1 Å². The van der Waals surface area contributed by atoms with Crippen LogP contribution in [0.25, 0.3) is 0 Å². The number of nitrogens with zero attached hydrogens (tertiary/aromatic N) is 3. The van der Waals surface area contributed by atoms with Crippen LogP contribution >= 0.6 is 0 Å². The average molecular weight is 784 g/mol. The number of nitro groups is 1. The maximum atomic E-state index is 14.1. The van der Waals surface area contributed by atoms with Crippen LogP contribution in [0.4, 0.5) is 10.5 Å². The Morgan fingerprint density at radius 3 is 2.35 bits per heavy atom. The van der Waals surface area contributed by atoms with Gasteiger partial charge in [0.05, 0.1) is 23.2 Å². The van der Waals surface area contributed by atoms with Gasteiger partial charge in [-0.25, -0.2) is 4.79 Å². The third-order valence-electron chi connectivity index (χ3n) is 11.6. The van der Waals surface area contributed by atoms with Crippen molar-refractivity contribution in [3.8, 4) is 23.0 Å². The Labute approximate surface area is 333 Å². The summed E-state index contributed by atoms with van der Waals surface area (Å²) in [4.78, 5) is 31.7. The number of oxime groups is 1. The molecule has 3 aromatic carbocycles. The summed E-state index contributed by atoms with van der Waals surface area (Å²) in [5.74, 6) is -0.0105. The number of amides is 1. The minimum absolute atomic E-state index is 0.0372. The maximum absolute atomic E-state index is 14.1. The van der Waals surface area contributed by atoms with Crippen LogP contribution in [-0.2, 0) is 9.57 Å². The van der Waals surface area contributed by atoms with Crippen LogP contribution in [0.2, 0.25) is 0 Å². The number of aliphatic hydroxyl groups excluding tert-OH is 2. The molecule has 2 aliphatic carbocycles. The van der Waals surface area contributed by atoms with Crippen molar-refractivity contribution in [2.24, 2.45) is 22.9 Å². The molecule has 0 bridgehead atoms. The fourth-order valence-electron chi connectivity index (χ4n) is 8.75. The van der Waals surface area contributed by atoms with E-state index in [1.165, 1.54) is 41.8 Å². The third kappa shape index (κ3) is 8.70. The van der Waals surface area contributed by atoms with E-state index in [1.807, 2.05) is 43.3 Å². The lowest BCUT2D eigenvalue weighted by Crippen LogP contribution is -2.69. The minimum atomic E-state index is -1.46. The van der Waals surface area contributed by atoms with Gasteiger partial charge in [0, 0.05) is 50.3 Å². The van der Waals surface area contributed by atoms with Gasteiger partial charge >= 0.3 is 6.09 Å². The van der Waals surface area contributed by atoms with Crippen LogP contribution in [-0.4, -0.2) is 77.6 Å². The number of hydrogen-bond acceptors (Lipinski definition) is 11. The summed E-state index contributed by atoms with van der Waals surface area (Å²) in [6.45, 7) is 8.33. The number of nitro benzene ring substituents is 1. The Morgan fingerprint density at radius 2 is 1.68 bits per heavy atom. The van der Waals surface area contributed by atoms with E-state index >= 15 is 0 Å². The number of rotatable bonds is 17. The predicted molar refractivity (Wildman–Crippen MR) is 215 cm³/mol. The molecule has 0 saturated heterocycles. The Balaban J connectivity index is 1.51. The number of carbonyl (C=O) groups excluding carboxylic acids is 1. The zero-order valence-corrected chi connectivity index (χ0v) is 33.1. The van der Waals surface area contributed by atoms with Crippen molar-refractivity contribution in [1.82, 2.24) is 4.90 Å². The van der Waals surface area contributed by atoms with Gasteiger partial charge in [0.15, 0.2) is 0 Å². The summed E-state index contributed by atoms with van der Waals surface area (Å²) in [7, 11) is 3.11. The van der Waals surface area contributed by atoms with Crippen molar-refractivity contribution in [2.75, 3.05) is 34.0 Å². The zero-order chi connectivity index (χ0) is 40.7. The average Bonchev–Trinajstić information content (AvgIpc) is 3.20. The lowest BCUT2D eigenvalue weighted by molar-refractivity contribution is -0.384. The smallest absolute Gasteiger partial charge is 0.415 e. The van der Waals surface area contributed by atoms with Crippen molar-refractivity contribution in [1.29, 1.82) is 0 Å². The van der Waals surface area contributed by atoms with Crippen molar-refractivity contribution >= 4 is 17.5 Å². The molecule has 2 N–H and O–H groups in total. The summed E-state index contributed by atoms with van der Waals surface area (Å²) in [6, 6.07) is 16.3. The molecule has 13 nitrogen and oxygen atoms in total. The number of non-ortho nitro benzene ring substituents is 1. The first-order valence-corrected chi connectivity index (χ1v) is 19.6. The number of carbonyl (C=O) groups is 1. The van der Waals surface area contributed by atoms with Crippen LogP contribution in [0, 0.1) is 41.7 Å². The lowest BCUT2D eigenvalue weighted by Gasteiger charge is -2.59. The molecule has 0 spiro atoms. The second-order valence-electron chi connectivity index (χ2n) is 15.0. The number of unbranched alkanes of at least 4 members (excludes halogenated alkanes) is 2. The number of likely N-dealkylation sites (N-methyl/N-ethyl adjacent to an activating group) is 1. The molecule has 57 heavy (non-hydrogen) atoms. The first-order valence-electron chi connectivity index (χ1n) is 19.6. The fourth-order valence-corrected chi connectivity index (χ4v) is 8.75. The number of aliphatic hydroxyl groups is 2. The van der Waals surface area contributed by atoms with Crippen molar-refractivity contribution in [3.05, 3.63) is 112 Å². The highest BCUT2D eigenvalue weighted by molar-refractivity contribution is 6.03. The van der Waals surface area contributed by atoms with E-state index in [9.17, 15) is 25.1 Å². The fraction of sp³-hybridized carbons (Fsp3) is 0.455. The number of ether oxygens (including phenoxy) is 4. The monoisotopic (exact) mass is 783 g/mol. The van der Waals surface area contributed by atoms with Crippen molar-refractivity contribution < 1.29 is 43.7 Å². The molecular weight excluding hydrogens is 730 g/mol. The highest BCUT2D eigenvalue weighted by Crippen LogP contribution is 2.62. The third-order valence-corrected chi connectivity index (χ3v) is 11.6. The van der Waals surface area contributed by atoms with Crippen LogP contribution in [0.1, 0.15) is 67.6 Å². The van der Waals surface area contributed by atoms with E-state index in [0.29, 0.717) is 35.8 Å². The molecule has 6 atom stereocenters. The molecule has 1 heterocycles. The van der Waals surface area contributed by atoms with Gasteiger partial charge in [0.2, 0.25) is 5.79 Å². The molecule has 0 aromatic heterocycles. The molecule has 1 aliphatic heterocycles. The van der Waals surface area contributed by atoms with Crippen LogP contribution in [0.3, 0.4) is 0 Å². The second-order valence-corrected chi connectivity index (χ2v) is 15.0. The number of benzene rings is 3. The van der Waals surface area contributed by atoms with Gasteiger partial charge in [-0.05, 0) is 111 Å². The minimum Gasteiger partial charge on any atom is -0.459 e. The van der Waals surface area contributed by atoms with Gasteiger partial charge < -0.3 is 38.9 Å². The molecule has 1 amide bonds. The normalized spacial score (nSPS) is 24.0.